The van der Waals surface area contributed by atoms with Gasteiger partial charge in [0.05, 0.1) is 6.04 Å². The lowest BCUT2D eigenvalue weighted by Crippen LogP contribution is -2.39. The van der Waals surface area contributed by atoms with Crippen LogP contribution in [0.2, 0.25) is 0 Å². The van der Waals surface area contributed by atoms with Crippen LogP contribution in [0.3, 0.4) is 0 Å². The van der Waals surface area contributed by atoms with E-state index in [1.165, 1.54) is 31.6 Å². The first kappa shape index (κ1) is 10.7. The van der Waals surface area contributed by atoms with E-state index in [9.17, 15) is 0 Å². The first-order valence-corrected chi connectivity index (χ1v) is 5.88. The molecule has 0 aromatic carbocycles. The number of hydrogen-bond donors (Lipinski definition) is 2. The molecule has 1 aromatic heterocycles. The topological polar surface area (TPSA) is 45.0 Å². The third-order valence-electron chi connectivity index (χ3n) is 3.46. The summed E-state index contributed by atoms with van der Waals surface area (Å²) in [5, 5.41) is 0. The minimum absolute atomic E-state index is 0.382. The fraction of sp³-hybridized carbons (Fsp3) is 0.667. The molecule has 84 valence electrons. The lowest BCUT2D eigenvalue weighted by molar-refractivity contribution is 0.139. The number of H-pyrrole nitrogens is 1. The zero-order chi connectivity index (χ0) is 10.7. The third-order valence-corrected chi connectivity index (χ3v) is 3.46. The zero-order valence-corrected chi connectivity index (χ0v) is 9.45. The van der Waals surface area contributed by atoms with Crippen molar-refractivity contribution in [3.05, 3.63) is 24.0 Å². The molecule has 0 spiro atoms. The standard InChI is InChI=1S/C12H21N3/c1-10-4-7-15(8-5-10)12(9-13)11-3-2-6-14-11/h2-3,6,10,12,14H,4-5,7-9,13H2,1H3. The van der Waals surface area contributed by atoms with Gasteiger partial charge in [-0.25, -0.2) is 0 Å². The number of likely N-dealkylation sites (tertiary alicyclic amines) is 1. The van der Waals surface area contributed by atoms with Crippen molar-refractivity contribution in [1.29, 1.82) is 0 Å². The molecule has 15 heavy (non-hydrogen) atoms. The van der Waals surface area contributed by atoms with Crippen molar-refractivity contribution in [2.24, 2.45) is 11.7 Å². The molecule has 0 bridgehead atoms. The first-order chi connectivity index (χ1) is 7.31. The minimum Gasteiger partial charge on any atom is -0.364 e. The van der Waals surface area contributed by atoms with Crippen molar-refractivity contribution in [2.45, 2.75) is 25.8 Å². The highest BCUT2D eigenvalue weighted by Gasteiger charge is 2.23. The predicted octanol–water partition coefficient (Wildman–Crippen LogP) is 1.75. The van der Waals surface area contributed by atoms with E-state index in [4.69, 9.17) is 5.73 Å². The summed E-state index contributed by atoms with van der Waals surface area (Å²) in [7, 11) is 0. The largest absolute Gasteiger partial charge is 0.364 e. The molecule has 1 atom stereocenters. The third kappa shape index (κ3) is 2.41. The molecule has 3 N–H and O–H groups in total. The Balaban J connectivity index is 2.01. The molecule has 1 aliphatic heterocycles. The molecular weight excluding hydrogens is 186 g/mol. The van der Waals surface area contributed by atoms with Crippen molar-refractivity contribution >= 4 is 0 Å². The van der Waals surface area contributed by atoms with Gasteiger partial charge in [-0.1, -0.05) is 6.92 Å². The van der Waals surface area contributed by atoms with E-state index in [0.717, 1.165) is 5.92 Å². The maximum absolute atomic E-state index is 5.87. The summed E-state index contributed by atoms with van der Waals surface area (Å²) >= 11 is 0. The second-order valence-electron chi connectivity index (χ2n) is 4.60. The molecule has 1 aromatic rings. The zero-order valence-electron chi connectivity index (χ0n) is 9.45. The highest BCUT2D eigenvalue weighted by molar-refractivity contribution is 5.10. The quantitative estimate of drug-likeness (QED) is 0.793. The normalized spacial score (nSPS) is 21.7. The van der Waals surface area contributed by atoms with E-state index in [2.05, 4.69) is 22.9 Å². The van der Waals surface area contributed by atoms with Crippen molar-refractivity contribution in [1.82, 2.24) is 9.88 Å². The molecule has 1 saturated heterocycles. The van der Waals surface area contributed by atoms with E-state index < -0.39 is 0 Å². The van der Waals surface area contributed by atoms with Gasteiger partial charge in [0.25, 0.3) is 0 Å². The van der Waals surface area contributed by atoms with Gasteiger partial charge in [-0.15, -0.1) is 0 Å². The molecule has 1 unspecified atom stereocenters. The number of nitrogens with two attached hydrogens (primary N) is 1. The van der Waals surface area contributed by atoms with E-state index in [0.29, 0.717) is 12.6 Å². The Morgan fingerprint density at radius 2 is 2.27 bits per heavy atom. The van der Waals surface area contributed by atoms with E-state index in [1.54, 1.807) is 0 Å². The molecule has 0 radical (unpaired) electrons. The van der Waals surface area contributed by atoms with Crippen LogP contribution in [0.25, 0.3) is 0 Å². The van der Waals surface area contributed by atoms with E-state index >= 15 is 0 Å². The molecule has 3 heteroatoms. The predicted molar refractivity (Wildman–Crippen MR) is 62.6 cm³/mol. The summed E-state index contributed by atoms with van der Waals surface area (Å²) in [4.78, 5) is 5.78. The summed E-state index contributed by atoms with van der Waals surface area (Å²) in [6.07, 6.45) is 4.58. The minimum atomic E-state index is 0.382. The van der Waals surface area contributed by atoms with Crippen LogP contribution >= 0.6 is 0 Å². The van der Waals surface area contributed by atoms with Crippen LogP contribution in [-0.2, 0) is 0 Å². The van der Waals surface area contributed by atoms with Gasteiger partial charge in [-0.2, -0.15) is 0 Å². The Labute approximate surface area is 91.7 Å². The number of nitrogens with zero attached hydrogens (tertiary/aromatic N) is 1. The van der Waals surface area contributed by atoms with Crippen LogP contribution in [0.5, 0.6) is 0 Å². The van der Waals surface area contributed by atoms with E-state index in [-0.39, 0.29) is 0 Å². The lowest BCUT2D eigenvalue weighted by atomic mass is 9.97. The molecule has 1 fully saturated rings. The number of hydrogen-bond acceptors (Lipinski definition) is 2. The van der Waals surface area contributed by atoms with Crippen LogP contribution in [0.15, 0.2) is 18.3 Å². The fourth-order valence-electron chi connectivity index (χ4n) is 2.36. The molecule has 0 saturated carbocycles. The maximum Gasteiger partial charge on any atom is 0.0622 e. The summed E-state index contributed by atoms with van der Waals surface area (Å²) in [6, 6.07) is 4.56. The van der Waals surface area contributed by atoms with Crippen molar-refractivity contribution < 1.29 is 0 Å². The van der Waals surface area contributed by atoms with Crippen molar-refractivity contribution in [2.75, 3.05) is 19.6 Å². The molecule has 3 nitrogen and oxygen atoms in total. The van der Waals surface area contributed by atoms with Gasteiger partial charge in [-0.05, 0) is 44.0 Å². The van der Waals surface area contributed by atoms with E-state index in [1.807, 2.05) is 12.3 Å². The van der Waals surface area contributed by atoms with Crippen LogP contribution in [0, 0.1) is 5.92 Å². The van der Waals surface area contributed by atoms with Gasteiger partial charge < -0.3 is 10.7 Å². The highest BCUT2D eigenvalue weighted by atomic mass is 15.2. The monoisotopic (exact) mass is 207 g/mol. The van der Waals surface area contributed by atoms with Gasteiger partial charge in [0.15, 0.2) is 0 Å². The van der Waals surface area contributed by atoms with Gasteiger partial charge in [-0.3, -0.25) is 4.90 Å². The highest BCUT2D eigenvalue weighted by Crippen LogP contribution is 2.24. The van der Waals surface area contributed by atoms with Crippen LogP contribution < -0.4 is 5.73 Å². The second kappa shape index (κ2) is 4.81. The average molecular weight is 207 g/mol. The van der Waals surface area contributed by atoms with Gasteiger partial charge in [0.2, 0.25) is 0 Å². The Bertz CT molecular complexity index is 273. The fourth-order valence-corrected chi connectivity index (χ4v) is 2.36. The van der Waals surface area contributed by atoms with Crippen LogP contribution in [0.4, 0.5) is 0 Å². The molecule has 0 aliphatic carbocycles. The molecule has 1 aliphatic rings. The molecule has 2 heterocycles. The van der Waals surface area contributed by atoms with Crippen LogP contribution in [-0.4, -0.2) is 29.5 Å². The van der Waals surface area contributed by atoms with Crippen molar-refractivity contribution in [3.8, 4) is 0 Å². The first-order valence-electron chi connectivity index (χ1n) is 5.88. The SMILES string of the molecule is CC1CCN(C(CN)c2ccc[nH]2)CC1. The lowest BCUT2D eigenvalue weighted by Gasteiger charge is -2.35. The number of aromatic amines is 1. The number of piperidine rings is 1. The summed E-state index contributed by atoms with van der Waals surface area (Å²) in [5.41, 5.74) is 7.12. The molecular formula is C12H21N3. The smallest absolute Gasteiger partial charge is 0.0622 e. The van der Waals surface area contributed by atoms with Crippen LogP contribution in [0.1, 0.15) is 31.5 Å². The summed E-state index contributed by atoms with van der Waals surface area (Å²) in [6.45, 7) is 5.41. The van der Waals surface area contributed by atoms with Gasteiger partial charge in [0, 0.05) is 18.4 Å². The number of nitrogens with one attached hydrogen (secondary N) is 1. The maximum atomic E-state index is 5.87. The van der Waals surface area contributed by atoms with Gasteiger partial charge >= 0.3 is 0 Å². The Morgan fingerprint density at radius 3 is 2.80 bits per heavy atom. The van der Waals surface area contributed by atoms with Crippen molar-refractivity contribution in [3.63, 3.8) is 0 Å². The Morgan fingerprint density at radius 1 is 1.53 bits per heavy atom. The molecule has 0 amide bonds. The summed E-state index contributed by atoms with van der Waals surface area (Å²) < 4.78 is 0. The second-order valence-corrected chi connectivity index (χ2v) is 4.60. The number of aromatic nitrogens is 1. The summed E-state index contributed by atoms with van der Waals surface area (Å²) in [5.74, 6) is 0.878. The Kier molecular flexibility index (Phi) is 3.44. The number of rotatable bonds is 3. The molecule has 2 rings (SSSR count). The Hall–Kier alpha value is -0.800. The average Bonchev–Trinajstić information content (AvgIpc) is 2.75. The van der Waals surface area contributed by atoms with Gasteiger partial charge in [0.1, 0.15) is 0 Å².